The van der Waals surface area contributed by atoms with Gasteiger partial charge < -0.3 is 0 Å². The van der Waals surface area contributed by atoms with Gasteiger partial charge in [-0.15, -0.1) is 0 Å². The summed E-state index contributed by atoms with van der Waals surface area (Å²) >= 11 is 0. The van der Waals surface area contributed by atoms with Gasteiger partial charge in [0.1, 0.15) is 0 Å². The Balaban J connectivity index is 0.934. The minimum atomic E-state index is 1.15. The first kappa shape index (κ1) is 38.2. The number of fused-ring (bicyclic) bond motifs is 3. The third-order valence-electron chi connectivity index (χ3n) is 11.7. The van der Waals surface area contributed by atoms with Gasteiger partial charge in [0, 0.05) is 0 Å². The van der Waals surface area contributed by atoms with E-state index in [1.54, 1.807) is 0 Å². The molecule has 0 heteroatoms. The summed E-state index contributed by atoms with van der Waals surface area (Å²) in [5.41, 5.74) is 14.3. The Morgan fingerprint density at radius 2 is 0.597 bits per heavy atom. The minimum Gasteiger partial charge on any atom is -0.0622 e. The van der Waals surface area contributed by atoms with E-state index in [1.807, 2.05) is 0 Å². The van der Waals surface area contributed by atoms with Crippen molar-refractivity contribution in [2.45, 2.75) is 0 Å². The second kappa shape index (κ2) is 17.7. The van der Waals surface area contributed by atoms with E-state index in [0.717, 1.165) is 22.3 Å². The molecule has 0 bridgehead atoms. The molecule has 10 aromatic rings. The fraction of sp³-hybridized carbons (Fsp3) is 0. The van der Waals surface area contributed by atoms with E-state index in [0.29, 0.717) is 0 Å². The maximum atomic E-state index is 2.31. The van der Waals surface area contributed by atoms with Gasteiger partial charge in [-0.3, -0.25) is 0 Å². The predicted molar refractivity (Wildman–Crippen MR) is 269 cm³/mol. The molecule has 0 fully saturated rings. The average Bonchev–Trinajstić information content (AvgIpc) is 3.34. The van der Waals surface area contributed by atoms with Gasteiger partial charge in [-0.2, -0.15) is 0 Å². The zero-order valence-corrected chi connectivity index (χ0v) is 34.4. The Labute approximate surface area is 364 Å². The normalized spacial score (nSPS) is 12.3. The molecule has 0 atom stereocenters. The van der Waals surface area contributed by atoms with Crippen molar-refractivity contribution in [3.05, 3.63) is 286 Å². The highest BCUT2D eigenvalue weighted by molar-refractivity contribution is 6.04. The smallest absolute Gasteiger partial charge is 0.00992 e. The van der Waals surface area contributed by atoms with Crippen LogP contribution in [0, 0.1) is 0 Å². The van der Waals surface area contributed by atoms with Crippen molar-refractivity contribution >= 4 is 79.9 Å². The van der Waals surface area contributed by atoms with E-state index >= 15 is 0 Å². The van der Waals surface area contributed by atoms with E-state index in [2.05, 4.69) is 267 Å². The van der Waals surface area contributed by atoms with Gasteiger partial charge in [0.2, 0.25) is 0 Å². The zero-order valence-electron chi connectivity index (χ0n) is 34.4. The first-order chi connectivity index (χ1) is 30.7. The van der Waals surface area contributed by atoms with Crippen LogP contribution in [0.3, 0.4) is 0 Å². The molecule has 0 heterocycles. The highest BCUT2D eigenvalue weighted by atomic mass is 14.2. The van der Waals surface area contributed by atoms with Crippen LogP contribution in [0.5, 0.6) is 0 Å². The Hall–Kier alpha value is -8.06. The van der Waals surface area contributed by atoms with Crippen LogP contribution in [0.2, 0.25) is 0 Å². The lowest BCUT2D eigenvalue weighted by Crippen LogP contribution is -1.90. The molecule has 10 rings (SSSR count). The van der Waals surface area contributed by atoms with Crippen LogP contribution in [0.4, 0.5) is 0 Å². The molecule has 0 aliphatic rings. The standard InChI is InChI=1S/C62H44/c1-3-15-51(16-4-1)61(59-27-13-23-49-19-9-11-25-57(49)59)41-47-33-29-45(30-34-47)37-39-55-43-53-21-7-8-22-54(53)44-56(55)40-38-46-31-35-48(36-32-46)42-62(52-17-5-2-6-18-52)60-28-14-24-50-20-10-12-26-58(50)60/h1-44H/b39-37-,40-38-,61-41-,62-42-. The lowest BCUT2D eigenvalue weighted by atomic mass is 9.91. The summed E-state index contributed by atoms with van der Waals surface area (Å²) in [5.74, 6) is 0. The van der Waals surface area contributed by atoms with E-state index in [9.17, 15) is 0 Å². The topological polar surface area (TPSA) is 0 Å². The molecule has 0 saturated heterocycles. The van der Waals surface area contributed by atoms with E-state index < -0.39 is 0 Å². The van der Waals surface area contributed by atoms with Crippen molar-refractivity contribution in [2.75, 3.05) is 0 Å². The van der Waals surface area contributed by atoms with Crippen molar-refractivity contribution < 1.29 is 0 Å². The van der Waals surface area contributed by atoms with Crippen LogP contribution < -0.4 is 0 Å². The summed E-state index contributed by atoms with van der Waals surface area (Å²) in [6, 6.07) is 82.7. The molecule has 10 aromatic carbocycles. The van der Waals surface area contributed by atoms with E-state index in [4.69, 9.17) is 0 Å². The molecule has 0 amide bonds. The van der Waals surface area contributed by atoms with Crippen molar-refractivity contribution in [3.8, 4) is 0 Å². The summed E-state index contributed by atoms with van der Waals surface area (Å²) in [4.78, 5) is 0. The van der Waals surface area contributed by atoms with Gasteiger partial charge in [0.05, 0.1) is 0 Å². The fourth-order valence-electron chi connectivity index (χ4n) is 8.47. The minimum absolute atomic E-state index is 1.15. The second-order valence-corrected chi connectivity index (χ2v) is 15.7. The van der Waals surface area contributed by atoms with Gasteiger partial charge >= 0.3 is 0 Å². The molecule has 0 unspecified atom stereocenters. The molecule has 292 valence electrons. The Morgan fingerprint density at radius 1 is 0.258 bits per heavy atom. The van der Waals surface area contributed by atoms with Gasteiger partial charge in [-0.05, 0) is 123 Å². The lowest BCUT2D eigenvalue weighted by molar-refractivity contribution is 1.57. The van der Waals surface area contributed by atoms with Crippen LogP contribution >= 0.6 is 0 Å². The maximum absolute atomic E-state index is 2.31. The molecule has 0 saturated carbocycles. The number of hydrogen-bond acceptors (Lipinski definition) is 0. The Kier molecular flexibility index (Phi) is 10.9. The third-order valence-corrected chi connectivity index (χ3v) is 11.7. The molecule has 0 aliphatic carbocycles. The van der Waals surface area contributed by atoms with E-state index in [-0.39, 0.29) is 0 Å². The SMILES string of the molecule is C(=C/c1cc2ccccc2cc1/C=C\c1ccc(/C=C(/c2ccccc2)c2cccc3ccccc23)cc1)/c1ccc(/C=C(/c2ccccc2)c2cccc3ccccc23)cc1. The summed E-state index contributed by atoms with van der Waals surface area (Å²) < 4.78 is 0. The summed E-state index contributed by atoms with van der Waals surface area (Å²) in [7, 11) is 0. The molecule has 0 aromatic heterocycles. The summed E-state index contributed by atoms with van der Waals surface area (Å²) in [5, 5.41) is 7.44. The zero-order chi connectivity index (χ0) is 41.5. The highest BCUT2D eigenvalue weighted by Crippen LogP contribution is 2.34. The maximum Gasteiger partial charge on any atom is -0.00992 e. The Bertz CT molecular complexity index is 3050. The number of rotatable bonds is 10. The van der Waals surface area contributed by atoms with Crippen LogP contribution in [0.15, 0.2) is 231 Å². The van der Waals surface area contributed by atoms with Crippen molar-refractivity contribution in [1.82, 2.24) is 0 Å². The molecule has 0 N–H and O–H groups in total. The third kappa shape index (κ3) is 8.36. The predicted octanol–water partition coefficient (Wildman–Crippen LogP) is 16.7. The molecule has 0 spiro atoms. The van der Waals surface area contributed by atoms with Crippen LogP contribution in [-0.4, -0.2) is 0 Å². The van der Waals surface area contributed by atoms with Gasteiger partial charge in [-0.25, -0.2) is 0 Å². The van der Waals surface area contributed by atoms with Crippen molar-refractivity contribution in [2.24, 2.45) is 0 Å². The summed E-state index contributed by atoms with van der Waals surface area (Å²) in [6.07, 6.45) is 13.6. The summed E-state index contributed by atoms with van der Waals surface area (Å²) in [6.45, 7) is 0. The highest BCUT2D eigenvalue weighted by Gasteiger charge is 2.11. The van der Waals surface area contributed by atoms with Gasteiger partial charge in [0.25, 0.3) is 0 Å². The monoisotopic (exact) mass is 788 g/mol. The first-order valence-electron chi connectivity index (χ1n) is 21.3. The van der Waals surface area contributed by atoms with Crippen LogP contribution in [-0.2, 0) is 0 Å². The van der Waals surface area contributed by atoms with Gasteiger partial charge in [0.15, 0.2) is 0 Å². The quantitative estimate of drug-likeness (QED) is 0.121. The number of hydrogen-bond donors (Lipinski definition) is 0. The number of benzene rings is 10. The second-order valence-electron chi connectivity index (χ2n) is 15.7. The molecule has 62 heavy (non-hydrogen) atoms. The van der Waals surface area contributed by atoms with Crippen molar-refractivity contribution in [1.29, 1.82) is 0 Å². The molecular formula is C62H44. The van der Waals surface area contributed by atoms with Crippen molar-refractivity contribution in [3.63, 3.8) is 0 Å². The van der Waals surface area contributed by atoms with Gasteiger partial charge in [-0.1, -0.05) is 243 Å². The van der Waals surface area contributed by atoms with E-state index in [1.165, 1.54) is 76.8 Å². The largest absolute Gasteiger partial charge is 0.0622 e. The molecule has 0 radical (unpaired) electrons. The molecular weight excluding hydrogens is 745 g/mol. The van der Waals surface area contributed by atoms with Crippen LogP contribution in [0.25, 0.3) is 79.9 Å². The van der Waals surface area contributed by atoms with Crippen LogP contribution in [0.1, 0.15) is 55.6 Å². The first-order valence-corrected chi connectivity index (χ1v) is 21.3. The Morgan fingerprint density at radius 3 is 1.02 bits per heavy atom. The fourth-order valence-corrected chi connectivity index (χ4v) is 8.47. The molecule has 0 nitrogen and oxygen atoms in total. The average molecular weight is 789 g/mol. The lowest BCUT2D eigenvalue weighted by Gasteiger charge is -2.12. The molecule has 0 aliphatic heterocycles.